The molecular formula is C35H45BrN2O2S. The Bertz CT molecular complexity index is 1560. The van der Waals surface area contributed by atoms with Crippen molar-refractivity contribution in [1.29, 1.82) is 0 Å². The number of hydrogen-bond acceptors (Lipinski definition) is 2. The summed E-state index contributed by atoms with van der Waals surface area (Å²) in [7, 11) is -3.73. The fraction of sp³-hybridized carbons (Fsp3) is 0.371. The van der Waals surface area contributed by atoms with Crippen molar-refractivity contribution < 1.29 is 29.9 Å². The Morgan fingerprint density at radius 2 is 1.37 bits per heavy atom. The number of hydrogen-bond donors (Lipinski definition) is 0. The number of benzene rings is 4. The van der Waals surface area contributed by atoms with Crippen molar-refractivity contribution >= 4 is 26.5 Å². The molecule has 0 amide bonds. The Morgan fingerprint density at radius 1 is 0.707 bits per heavy atom. The normalized spacial score (nSPS) is 11.9. The number of aryl methyl sites for hydroxylation is 4. The number of sulfonamides is 1. The van der Waals surface area contributed by atoms with Gasteiger partial charge >= 0.3 is 0 Å². The second-order valence-corrected chi connectivity index (χ2v) is 13.3. The van der Waals surface area contributed by atoms with Crippen LogP contribution in [-0.4, -0.2) is 39.1 Å². The fourth-order valence-corrected chi connectivity index (χ4v) is 7.35. The molecule has 0 aliphatic carbocycles. The molecule has 4 rings (SSSR count). The van der Waals surface area contributed by atoms with E-state index in [1.54, 1.807) is 16.4 Å². The minimum atomic E-state index is -3.73. The molecule has 4 aromatic carbocycles. The maximum atomic E-state index is 14.1. The summed E-state index contributed by atoms with van der Waals surface area (Å²) in [4.78, 5) is 0.339. The first kappa shape index (κ1) is 32.8. The van der Waals surface area contributed by atoms with E-state index in [1.807, 2.05) is 55.5 Å². The largest absolute Gasteiger partial charge is 1.00 e. The van der Waals surface area contributed by atoms with Gasteiger partial charge in [0.25, 0.3) is 10.0 Å². The molecule has 0 aliphatic heterocycles. The monoisotopic (exact) mass is 636 g/mol. The average Bonchev–Trinajstić information content (AvgIpc) is 2.93. The number of unbranched alkanes of at least 4 members (excludes halogenated alkanes) is 1. The van der Waals surface area contributed by atoms with Gasteiger partial charge in [-0.1, -0.05) is 65.7 Å². The first-order valence-corrected chi connectivity index (χ1v) is 16.0. The number of quaternary nitrogens is 1. The third-order valence-electron chi connectivity index (χ3n) is 8.47. The first-order chi connectivity index (χ1) is 19.1. The van der Waals surface area contributed by atoms with Crippen LogP contribution < -0.4 is 21.3 Å². The molecule has 0 saturated carbocycles. The minimum Gasteiger partial charge on any atom is -1.00 e. The van der Waals surface area contributed by atoms with Gasteiger partial charge in [0, 0.05) is 12.1 Å². The molecule has 6 heteroatoms. The summed E-state index contributed by atoms with van der Waals surface area (Å²) in [5.74, 6) is 0. The van der Waals surface area contributed by atoms with Crippen molar-refractivity contribution in [3.8, 4) is 0 Å². The van der Waals surface area contributed by atoms with Gasteiger partial charge in [-0.2, -0.15) is 0 Å². The van der Waals surface area contributed by atoms with Crippen LogP contribution in [-0.2, 0) is 16.6 Å². The van der Waals surface area contributed by atoms with E-state index in [4.69, 9.17) is 0 Å². The van der Waals surface area contributed by atoms with Gasteiger partial charge in [-0.15, -0.1) is 0 Å². The Labute approximate surface area is 258 Å². The number of nitrogens with zero attached hydrogens (tertiary/aromatic N) is 2. The Kier molecular flexibility index (Phi) is 11.2. The predicted molar refractivity (Wildman–Crippen MR) is 169 cm³/mol. The van der Waals surface area contributed by atoms with Gasteiger partial charge in [-0.25, -0.2) is 8.42 Å². The van der Waals surface area contributed by atoms with Gasteiger partial charge in [0.05, 0.1) is 30.2 Å². The van der Waals surface area contributed by atoms with Gasteiger partial charge in [-0.05, 0) is 101 Å². The third-order valence-corrected chi connectivity index (χ3v) is 10.3. The molecule has 0 fully saturated rings. The zero-order valence-corrected chi connectivity index (χ0v) is 27.9. The fourth-order valence-electron chi connectivity index (χ4n) is 5.82. The highest BCUT2D eigenvalue weighted by atomic mass is 79.9. The lowest BCUT2D eigenvalue weighted by molar-refractivity contribution is -0.938. The molecule has 0 spiro atoms. The van der Waals surface area contributed by atoms with E-state index >= 15 is 0 Å². The topological polar surface area (TPSA) is 37.4 Å². The quantitative estimate of drug-likeness (QED) is 0.160. The van der Waals surface area contributed by atoms with Crippen LogP contribution >= 0.6 is 0 Å². The number of anilines is 1. The summed E-state index contributed by atoms with van der Waals surface area (Å²) < 4.78 is 30.8. The summed E-state index contributed by atoms with van der Waals surface area (Å²) in [6.45, 7) is 17.6. The molecular weight excluding hydrogens is 592 g/mol. The van der Waals surface area contributed by atoms with Crippen molar-refractivity contribution in [2.24, 2.45) is 0 Å². The number of halogens is 1. The van der Waals surface area contributed by atoms with E-state index in [1.165, 1.54) is 16.7 Å². The number of rotatable bonds is 12. The molecule has 0 aliphatic rings. The van der Waals surface area contributed by atoms with Crippen molar-refractivity contribution in [2.75, 3.05) is 30.5 Å². The first-order valence-electron chi connectivity index (χ1n) is 14.6. The zero-order chi connectivity index (χ0) is 28.9. The molecule has 0 N–H and O–H groups in total. The van der Waals surface area contributed by atoms with Gasteiger partial charge in [0.15, 0.2) is 0 Å². The molecule has 0 saturated heterocycles. The highest BCUT2D eigenvalue weighted by Crippen LogP contribution is 2.29. The Hall–Kier alpha value is -2.67. The second-order valence-electron chi connectivity index (χ2n) is 11.4. The lowest BCUT2D eigenvalue weighted by atomic mass is 10.1. The minimum absolute atomic E-state index is 0. The van der Waals surface area contributed by atoms with Crippen molar-refractivity contribution in [2.45, 2.75) is 65.8 Å². The van der Waals surface area contributed by atoms with Gasteiger partial charge in [-0.3, -0.25) is 4.31 Å². The molecule has 0 atom stereocenters. The molecule has 0 radical (unpaired) electrons. The van der Waals surface area contributed by atoms with Crippen LogP contribution in [0.3, 0.4) is 0 Å². The highest BCUT2D eigenvalue weighted by molar-refractivity contribution is 7.92. The second kappa shape index (κ2) is 14.0. The van der Waals surface area contributed by atoms with Crippen LogP contribution in [0.5, 0.6) is 0 Å². The van der Waals surface area contributed by atoms with Crippen molar-refractivity contribution in [3.63, 3.8) is 0 Å². The van der Waals surface area contributed by atoms with Crippen LogP contribution in [0.15, 0.2) is 83.8 Å². The smallest absolute Gasteiger partial charge is 0.264 e. The molecule has 4 aromatic rings. The molecule has 0 heterocycles. The van der Waals surface area contributed by atoms with Gasteiger partial charge in [0.1, 0.15) is 6.54 Å². The molecule has 4 nitrogen and oxygen atoms in total. The summed E-state index contributed by atoms with van der Waals surface area (Å²) in [5.41, 5.74) is 6.99. The van der Waals surface area contributed by atoms with Gasteiger partial charge < -0.3 is 21.5 Å². The van der Waals surface area contributed by atoms with E-state index in [9.17, 15) is 8.42 Å². The molecule has 0 aromatic heterocycles. The standard InChI is InChI=1S/C35H45N2O2S.BrH/c1-7-37(8-2,26-31-22-27(3)21-28(4)23-31)20-12-11-19-36(34-17-15-29(5)30(6)24-34)40(38,39)35-18-16-32-13-9-10-14-33(32)25-35;/h9-10,13-18,21-25H,7-8,11-12,19-20,26H2,1-6H3;1H/q+1;/p-1. The molecule has 41 heavy (non-hydrogen) atoms. The van der Waals surface area contributed by atoms with Crippen LogP contribution in [0.25, 0.3) is 10.8 Å². The van der Waals surface area contributed by atoms with Crippen LogP contribution in [0.1, 0.15) is 54.5 Å². The lowest BCUT2D eigenvalue weighted by Crippen LogP contribution is -3.00. The Balaban J connectivity index is 0.00000462. The van der Waals surface area contributed by atoms with E-state index in [0.29, 0.717) is 11.4 Å². The third kappa shape index (κ3) is 7.79. The Morgan fingerprint density at radius 3 is 2.00 bits per heavy atom. The summed E-state index contributed by atoms with van der Waals surface area (Å²) in [6.07, 6.45) is 1.76. The van der Waals surface area contributed by atoms with E-state index < -0.39 is 10.0 Å². The summed E-state index contributed by atoms with van der Waals surface area (Å²) in [6, 6.07) is 26.2. The SMILES string of the molecule is CC[N+](CC)(CCCCN(c1ccc(C)c(C)c1)S(=O)(=O)c1ccc2ccccc2c1)Cc1cc(C)cc(C)c1.[Br-]. The van der Waals surface area contributed by atoms with Crippen LogP contribution in [0, 0.1) is 27.7 Å². The summed E-state index contributed by atoms with van der Waals surface area (Å²) in [5, 5.41) is 1.97. The zero-order valence-electron chi connectivity index (χ0n) is 25.5. The lowest BCUT2D eigenvalue weighted by Gasteiger charge is -2.37. The maximum absolute atomic E-state index is 14.1. The van der Waals surface area contributed by atoms with Crippen LogP contribution in [0.4, 0.5) is 5.69 Å². The predicted octanol–water partition coefficient (Wildman–Crippen LogP) is 5.11. The average molecular weight is 638 g/mol. The van der Waals surface area contributed by atoms with Crippen LogP contribution in [0.2, 0.25) is 0 Å². The van der Waals surface area contributed by atoms with Gasteiger partial charge in [0.2, 0.25) is 0 Å². The van der Waals surface area contributed by atoms with E-state index in [0.717, 1.165) is 71.1 Å². The van der Waals surface area contributed by atoms with E-state index in [2.05, 4.69) is 52.8 Å². The highest BCUT2D eigenvalue weighted by Gasteiger charge is 2.27. The van der Waals surface area contributed by atoms with Crippen molar-refractivity contribution in [3.05, 3.63) is 107 Å². The summed E-state index contributed by atoms with van der Waals surface area (Å²) >= 11 is 0. The number of fused-ring (bicyclic) bond motifs is 1. The van der Waals surface area contributed by atoms with Crippen molar-refractivity contribution in [1.82, 2.24) is 0 Å². The molecule has 0 unspecified atom stereocenters. The van der Waals surface area contributed by atoms with E-state index in [-0.39, 0.29) is 17.0 Å². The maximum Gasteiger partial charge on any atom is 0.264 e. The molecule has 0 bridgehead atoms. The molecule has 220 valence electrons.